The van der Waals surface area contributed by atoms with Gasteiger partial charge in [-0.25, -0.2) is 4.90 Å². The summed E-state index contributed by atoms with van der Waals surface area (Å²) in [6.45, 7) is 0.689. The highest BCUT2D eigenvalue weighted by molar-refractivity contribution is 4.74. The molecule has 0 radical (unpaired) electrons. The van der Waals surface area contributed by atoms with Gasteiger partial charge < -0.3 is 10.5 Å². The molecule has 1 fully saturated rings. The Kier molecular flexibility index (Phi) is 4.15. The largest absolute Gasteiger partial charge is 0.460 e. The number of alkyl halides is 3. The van der Waals surface area contributed by atoms with E-state index in [1.165, 1.54) is 0 Å². The van der Waals surface area contributed by atoms with Gasteiger partial charge in [-0.1, -0.05) is 0 Å². The molecule has 6 heteroatoms. The van der Waals surface area contributed by atoms with Crippen LogP contribution in [-0.4, -0.2) is 43.5 Å². The minimum atomic E-state index is -4.23. The summed E-state index contributed by atoms with van der Waals surface area (Å²) in [5.41, 5.74) is 5.21. The molecule has 0 aromatic rings. The van der Waals surface area contributed by atoms with E-state index in [2.05, 4.69) is 0 Å². The highest BCUT2D eigenvalue weighted by Gasteiger charge is 2.39. The predicted octanol–water partition coefficient (Wildman–Crippen LogP) is 0.946. The molecular weight excluding hydrogens is 197 g/mol. The summed E-state index contributed by atoms with van der Waals surface area (Å²) >= 11 is 0. The second kappa shape index (κ2) is 4.95. The van der Waals surface area contributed by atoms with E-state index in [0.717, 1.165) is 0 Å². The standard InChI is InChI=1S/C8H15F3N2O/c9-8(10,11)13-4-1-2-7(6-13)14-5-3-12/h7H,1-6,12H2/t7-/m1/s1. The number of piperidine rings is 1. The number of ether oxygens (including phenoxy) is 1. The van der Waals surface area contributed by atoms with Crippen LogP contribution in [0, 0.1) is 0 Å². The third-order valence-electron chi connectivity index (χ3n) is 2.21. The molecule has 0 aliphatic carbocycles. The van der Waals surface area contributed by atoms with Crippen molar-refractivity contribution < 1.29 is 17.9 Å². The van der Waals surface area contributed by atoms with Crippen LogP contribution in [0.25, 0.3) is 0 Å². The maximum Gasteiger partial charge on any atom is 0.460 e. The van der Waals surface area contributed by atoms with Crippen LogP contribution in [0.15, 0.2) is 0 Å². The van der Waals surface area contributed by atoms with E-state index < -0.39 is 6.30 Å². The van der Waals surface area contributed by atoms with Crippen molar-refractivity contribution in [2.45, 2.75) is 25.2 Å². The summed E-state index contributed by atoms with van der Waals surface area (Å²) in [7, 11) is 0. The number of nitrogens with zero attached hydrogens (tertiary/aromatic N) is 1. The smallest absolute Gasteiger partial charge is 0.376 e. The second-order valence-electron chi connectivity index (χ2n) is 3.34. The molecule has 0 saturated carbocycles. The molecule has 0 unspecified atom stereocenters. The maximum absolute atomic E-state index is 12.3. The van der Waals surface area contributed by atoms with Crippen LogP contribution in [-0.2, 0) is 4.74 Å². The van der Waals surface area contributed by atoms with Crippen LogP contribution in [0.5, 0.6) is 0 Å². The lowest BCUT2D eigenvalue weighted by Crippen LogP contribution is -2.47. The van der Waals surface area contributed by atoms with Crippen molar-refractivity contribution in [1.29, 1.82) is 0 Å². The maximum atomic E-state index is 12.3. The number of likely N-dealkylation sites (tertiary alicyclic amines) is 1. The zero-order chi connectivity index (χ0) is 10.6. The summed E-state index contributed by atoms with van der Waals surface area (Å²) in [6, 6.07) is 0. The molecule has 2 N–H and O–H groups in total. The minimum absolute atomic E-state index is 0.0660. The highest BCUT2D eigenvalue weighted by Crippen LogP contribution is 2.26. The lowest BCUT2D eigenvalue weighted by molar-refractivity contribution is -0.258. The number of hydrogen-bond donors (Lipinski definition) is 1. The third-order valence-corrected chi connectivity index (χ3v) is 2.21. The van der Waals surface area contributed by atoms with Gasteiger partial charge in [-0.05, 0) is 12.8 Å². The van der Waals surface area contributed by atoms with Gasteiger partial charge in [-0.2, -0.15) is 13.2 Å². The van der Waals surface area contributed by atoms with Crippen molar-refractivity contribution in [3.05, 3.63) is 0 Å². The number of nitrogens with two attached hydrogens (primary N) is 1. The summed E-state index contributed by atoms with van der Waals surface area (Å²) in [5.74, 6) is 0. The molecule has 1 atom stereocenters. The molecule has 0 aromatic heterocycles. The van der Waals surface area contributed by atoms with Crippen molar-refractivity contribution in [1.82, 2.24) is 4.90 Å². The molecule has 0 aromatic carbocycles. The van der Waals surface area contributed by atoms with Crippen molar-refractivity contribution in [3.63, 3.8) is 0 Å². The molecule has 1 heterocycles. The van der Waals surface area contributed by atoms with Gasteiger partial charge in [0.05, 0.1) is 12.7 Å². The van der Waals surface area contributed by atoms with Crippen molar-refractivity contribution in [3.8, 4) is 0 Å². The van der Waals surface area contributed by atoms with E-state index in [-0.39, 0.29) is 19.2 Å². The summed E-state index contributed by atoms with van der Waals surface area (Å²) in [5, 5.41) is 0. The normalized spacial score (nSPS) is 25.3. The van der Waals surface area contributed by atoms with Crippen LogP contribution in [0.2, 0.25) is 0 Å². The summed E-state index contributed by atoms with van der Waals surface area (Å²) in [6.07, 6.45) is -3.35. The zero-order valence-electron chi connectivity index (χ0n) is 7.89. The SMILES string of the molecule is NCCO[C@@H]1CCCN(C(F)(F)F)C1. The van der Waals surface area contributed by atoms with Gasteiger partial charge in [-0.3, -0.25) is 0 Å². The fourth-order valence-electron chi connectivity index (χ4n) is 1.54. The van der Waals surface area contributed by atoms with E-state index in [1.807, 2.05) is 0 Å². The Hall–Kier alpha value is -0.330. The minimum Gasteiger partial charge on any atom is -0.376 e. The van der Waals surface area contributed by atoms with Gasteiger partial charge in [0.25, 0.3) is 0 Å². The fraction of sp³-hybridized carbons (Fsp3) is 1.00. The third kappa shape index (κ3) is 3.43. The van der Waals surface area contributed by atoms with Gasteiger partial charge in [0.2, 0.25) is 0 Å². The molecule has 3 nitrogen and oxygen atoms in total. The number of hydrogen-bond acceptors (Lipinski definition) is 3. The second-order valence-corrected chi connectivity index (χ2v) is 3.34. The molecular formula is C8H15F3N2O. The van der Waals surface area contributed by atoms with Gasteiger partial charge in [0.1, 0.15) is 0 Å². The zero-order valence-corrected chi connectivity index (χ0v) is 7.89. The molecule has 0 spiro atoms. The molecule has 1 aliphatic heterocycles. The van der Waals surface area contributed by atoms with Crippen molar-refractivity contribution in [2.24, 2.45) is 5.73 Å². The van der Waals surface area contributed by atoms with Gasteiger partial charge >= 0.3 is 6.30 Å². The molecule has 0 amide bonds. The monoisotopic (exact) mass is 212 g/mol. The Labute approximate surface area is 81.0 Å². The van der Waals surface area contributed by atoms with E-state index in [4.69, 9.17) is 10.5 Å². The topological polar surface area (TPSA) is 38.5 Å². The number of rotatable bonds is 3. The van der Waals surface area contributed by atoms with E-state index in [9.17, 15) is 13.2 Å². The van der Waals surface area contributed by atoms with E-state index in [0.29, 0.717) is 30.9 Å². The first kappa shape index (κ1) is 11.7. The average Bonchev–Trinajstić information content (AvgIpc) is 2.14. The van der Waals surface area contributed by atoms with Crippen LogP contribution < -0.4 is 5.73 Å². The van der Waals surface area contributed by atoms with Crippen LogP contribution >= 0.6 is 0 Å². The Morgan fingerprint density at radius 1 is 1.43 bits per heavy atom. The molecule has 14 heavy (non-hydrogen) atoms. The van der Waals surface area contributed by atoms with Crippen LogP contribution in [0.1, 0.15) is 12.8 Å². The molecule has 1 saturated heterocycles. The summed E-state index contributed by atoms with van der Waals surface area (Å²) < 4.78 is 42.0. The van der Waals surface area contributed by atoms with Gasteiger partial charge in [0.15, 0.2) is 0 Å². The van der Waals surface area contributed by atoms with Gasteiger partial charge in [0, 0.05) is 19.6 Å². The molecule has 1 aliphatic rings. The summed E-state index contributed by atoms with van der Waals surface area (Å²) in [4.78, 5) is 0.498. The fourth-order valence-corrected chi connectivity index (χ4v) is 1.54. The first-order chi connectivity index (χ1) is 6.54. The highest BCUT2D eigenvalue weighted by atomic mass is 19.4. The van der Waals surface area contributed by atoms with Crippen LogP contribution in [0.4, 0.5) is 13.2 Å². The van der Waals surface area contributed by atoms with Gasteiger partial charge in [-0.15, -0.1) is 0 Å². The first-order valence-corrected chi connectivity index (χ1v) is 4.67. The average molecular weight is 212 g/mol. The lowest BCUT2D eigenvalue weighted by Gasteiger charge is -2.33. The van der Waals surface area contributed by atoms with Crippen LogP contribution in [0.3, 0.4) is 0 Å². The Bertz CT molecular complexity index is 174. The molecule has 1 rings (SSSR count). The lowest BCUT2D eigenvalue weighted by atomic mass is 10.1. The molecule has 84 valence electrons. The first-order valence-electron chi connectivity index (χ1n) is 4.67. The van der Waals surface area contributed by atoms with E-state index >= 15 is 0 Å². The van der Waals surface area contributed by atoms with Crippen molar-refractivity contribution in [2.75, 3.05) is 26.2 Å². The number of halogens is 3. The quantitative estimate of drug-likeness (QED) is 0.708. The predicted molar refractivity (Wildman–Crippen MR) is 45.7 cm³/mol. The molecule has 0 bridgehead atoms. The van der Waals surface area contributed by atoms with Crippen molar-refractivity contribution >= 4 is 0 Å². The Balaban J connectivity index is 2.36. The Morgan fingerprint density at radius 3 is 2.71 bits per heavy atom. The Morgan fingerprint density at radius 2 is 2.14 bits per heavy atom. The van der Waals surface area contributed by atoms with E-state index in [1.54, 1.807) is 0 Å².